The van der Waals surface area contributed by atoms with E-state index in [0.717, 1.165) is 29.3 Å². The first-order valence-corrected chi connectivity index (χ1v) is 6.08. The Kier molecular flexibility index (Phi) is 3.42. The van der Waals surface area contributed by atoms with Crippen LogP contribution in [0.2, 0.25) is 0 Å². The molecule has 100 valence electrons. The largest absolute Gasteiger partial charge is 0.381 e. The van der Waals surface area contributed by atoms with Crippen molar-refractivity contribution in [2.45, 2.75) is 26.4 Å². The zero-order valence-corrected chi connectivity index (χ0v) is 11.2. The Morgan fingerprint density at radius 2 is 1.63 bits per heavy atom. The monoisotopic (exact) mass is 262 g/mol. The van der Waals surface area contributed by atoms with Gasteiger partial charge in [0.2, 0.25) is 0 Å². The van der Waals surface area contributed by atoms with Crippen LogP contribution in [-0.4, -0.2) is 5.11 Å². The van der Waals surface area contributed by atoms with Crippen LogP contribution in [0.15, 0.2) is 36.4 Å². The van der Waals surface area contributed by atoms with Crippen molar-refractivity contribution in [2.24, 2.45) is 0 Å². The molecule has 0 fully saturated rings. The van der Waals surface area contributed by atoms with Gasteiger partial charge in [-0.05, 0) is 50.1 Å². The lowest BCUT2D eigenvalue weighted by Gasteiger charge is -2.27. The van der Waals surface area contributed by atoms with E-state index in [0.29, 0.717) is 5.56 Å². The van der Waals surface area contributed by atoms with Crippen molar-refractivity contribution >= 4 is 0 Å². The fourth-order valence-electron chi connectivity index (χ4n) is 2.28. The summed E-state index contributed by atoms with van der Waals surface area (Å²) in [4.78, 5) is 0. The third-order valence-corrected chi connectivity index (χ3v) is 3.37. The van der Waals surface area contributed by atoms with Gasteiger partial charge < -0.3 is 5.11 Å². The molecule has 0 aliphatic rings. The number of aliphatic hydroxyl groups is 1. The molecule has 0 spiro atoms. The average Bonchev–Trinajstić information content (AvgIpc) is 2.35. The van der Waals surface area contributed by atoms with E-state index >= 15 is 0 Å². The van der Waals surface area contributed by atoms with Gasteiger partial charge in [-0.3, -0.25) is 0 Å². The van der Waals surface area contributed by atoms with E-state index in [9.17, 15) is 13.9 Å². The first-order valence-electron chi connectivity index (χ1n) is 6.08. The quantitative estimate of drug-likeness (QED) is 0.872. The molecule has 1 atom stereocenters. The Labute approximate surface area is 111 Å². The van der Waals surface area contributed by atoms with Crippen LogP contribution in [0, 0.1) is 25.5 Å². The maximum atomic E-state index is 13.9. The van der Waals surface area contributed by atoms with E-state index in [-0.39, 0.29) is 5.56 Å². The number of halogens is 2. The SMILES string of the molecule is Cc1ccc(C)c(C(C)(O)c2cc(F)ccc2F)c1. The van der Waals surface area contributed by atoms with E-state index in [1.165, 1.54) is 6.92 Å². The standard InChI is InChI=1S/C16H16F2O/c1-10-4-5-11(2)13(8-10)16(3,19)14-9-12(17)6-7-15(14)18/h4-9,19H,1-3H3. The van der Waals surface area contributed by atoms with Gasteiger partial charge in [0.15, 0.2) is 0 Å². The van der Waals surface area contributed by atoms with Gasteiger partial charge in [0.25, 0.3) is 0 Å². The molecule has 19 heavy (non-hydrogen) atoms. The number of hydrogen-bond donors (Lipinski definition) is 1. The summed E-state index contributed by atoms with van der Waals surface area (Å²) in [5.41, 5.74) is 0.748. The summed E-state index contributed by atoms with van der Waals surface area (Å²) in [5.74, 6) is -1.19. The topological polar surface area (TPSA) is 20.2 Å². The molecule has 2 rings (SSSR count). The van der Waals surface area contributed by atoms with Crippen molar-refractivity contribution in [3.8, 4) is 0 Å². The fraction of sp³-hybridized carbons (Fsp3) is 0.250. The van der Waals surface area contributed by atoms with Crippen LogP contribution in [-0.2, 0) is 5.60 Å². The molecular weight excluding hydrogens is 246 g/mol. The second kappa shape index (κ2) is 4.74. The second-order valence-electron chi connectivity index (χ2n) is 5.01. The van der Waals surface area contributed by atoms with Crippen molar-refractivity contribution < 1.29 is 13.9 Å². The van der Waals surface area contributed by atoms with Crippen LogP contribution in [0.1, 0.15) is 29.2 Å². The Hall–Kier alpha value is -1.74. The molecule has 0 heterocycles. The molecule has 0 bridgehead atoms. The van der Waals surface area contributed by atoms with Crippen molar-refractivity contribution in [1.29, 1.82) is 0 Å². The first-order chi connectivity index (χ1) is 8.82. The van der Waals surface area contributed by atoms with Gasteiger partial charge >= 0.3 is 0 Å². The van der Waals surface area contributed by atoms with E-state index in [4.69, 9.17) is 0 Å². The summed E-state index contributed by atoms with van der Waals surface area (Å²) in [5, 5.41) is 10.7. The predicted molar refractivity (Wildman–Crippen MR) is 70.9 cm³/mol. The molecule has 0 aliphatic carbocycles. The molecular formula is C16H16F2O. The Morgan fingerprint density at radius 3 is 2.32 bits per heavy atom. The number of aryl methyl sites for hydroxylation is 2. The van der Waals surface area contributed by atoms with Crippen molar-refractivity contribution in [3.05, 3.63) is 70.3 Å². The molecule has 0 aliphatic heterocycles. The van der Waals surface area contributed by atoms with Gasteiger partial charge in [0.05, 0.1) is 0 Å². The summed E-state index contributed by atoms with van der Waals surface area (Å²) in [6.07, 6.45) is 0. The molecule has 1 N–H and O–H groups in total. The minimum Gasteiger partial charge on any atom is -0.381 e. The van der Waals surface area contributed by atoms with Crippen molar-refractivity contribution in [1.82, 2.24) is 0 Å². The number of rotatable bonds is 2. The average molecular weight is 262 g/mol. The Morgan fingerprint density at radius 1 is 0.947 bits per heavy atom. The summed E-state index contributed by atoms with van der Waals surface area (Å²) < 4.78 is 27.2. The molecule has 0 saturated carbocycles. The molecule has 0 amide bonds. The number of benzene rings is 2. The molecule has 2 aromatic carbocycles. The zero-order chi connectivity index (χ0) is 14.2. The van der Waals surface area contributed by atoms with Crippen molar-refractivity contribution in [3.63, 3.8) is 0 Å². The third-order valence-electron chi connectivity index (χ3n) is 3.37. The minimum absolute atomic E-state index is 0.0544. The molecule has 1 nitrogen and oxygen atoms in total. The highest BCUT2D eigenvalue weighted by molar-refractivity contribution is 5.42. The van der Waals surface area contributed by atoms with E-state index in [1.807, 2.05) is 26.0 Å². The van der Waals surface area contributed by atoms with Gasteiger partial charge in [-0.15, -0.1) is 0 Å². The normalized spacial score (nSPS) is 14.2. The predicted octanol–water partition coefficient (Wildman–Crippen LogP) is 3.84. The van der Waals surface area contributed by atoms with Gasteiger partial charge in [-0.1, -0.05) is 23.8 Å². The highest BCUT2D eigenvalue weighted by Gasteiger charge is 2.30. The van der Waals surface area contributed by atoms with E-state index < -0.39 is 17.2 Å². The summed E-state index contributed by atoms with van der Waals surface area (Å²) in [7, 11) is 0. The lowest BCUT2D eigenvalue weighted by atomic mass is 9.84. The van der Waals surface area contributed by atoms with Crippen LogP contribution in [0.3, 0.4) is 0 Å². The third kappa shape index (κ3) is 2.51. The lowest BCUT2D eigenvalue weighted by molar-refractivity contribution is 0.0968. The molecule has 2 aromatic rings. The molecule has 3 heteroatoms. The smallest absolute Gasteiger partial charge is 0.129 e. The van der Waals surface area contributed by atoms with Crippen LogP contribution in [0.25, 0.3) is 0 Å². The first kappa shape index (κ1) is 13.7. The van der Waals surface area contributed by atoms with Crippen LogP contribution < -0.4 is 0 Å². The van der Waals surface area contributed by atoms with Gasteiger partial charge in [-0.2, -0.15) is 0 Å². The molecule has 0 saturated heterocycles. The molecule has 1 unspecified atom stereocenters. The van der Waals surface area contributed by atoms with E-state index in [1.54, 1.807) is 6.07 Å². The van der Waals surface area contributed by atoms with E-state index in [2.05, 4.69) is 0 Å². The van der Waals surface area contributed by atoms with Crippen LogP contribution >= 0.6 is 0 Å². The number of hydrogen-bond acceptors (Lipinski definition) is 1. The fourth-order valence-corrected chi connectivity index (χ4v) is 2.28. The highest BCUT2D eigenvalue weighted by Crippen LogP contribution is 2.33. The molecule has 0 aromatic heterocycles. The molecule has 0 radical (unpaired) electrons. The Balaban J connectivity index is 2.64. The lowest BCUT2D eigenvalue weighted by Crippen LogP contribution is -2.25. The Bertz CT molecular complexity index is 565. The van der Waals surface area contributed by atoms with Crippen molar-refractivity contribution in [2.75, 3.05) is 0 Å². The maximum absolute atomic E-state index is 13.9. The van der Waals surface area contributed by atoms with Gasteiger partial charge in [0.1, 0.15) is 17.2 Å². The van der Waals surface area contributed by atoms with Crippen LogP contribution in [0.5, 0.6) is 0 Å². The highest BCUT2D eigenvalue weighted by atomic mass is 19.1. The second-order valence-corrected chi connectivity index (χ2v) is 5.01. The van der Waals surface area contributed by atoms with Gasteiger partial charge in [-0.25, -0.2) is 8.78 Å². The summed E-state index contributed by atoms with van der Waals surface area (Å²) in [6.45, 7) is 5.20. The summed E-state index contributed by atoms with van der Waals surface area (Å²) >= 11 is 0. The minimum atomic E-state index is -1.57. The maximum Gasteiger partial charge on any atom is 0.129 e. The zero-order valence-electron chi connectivity index (χ0n) is 11.2. The van der Waals surface area contributed by atoms with Crippen LogP contribution in [0.4, 0.5) is 8.78 Å². The van der Waals surface area contributed by atoms with Gasteiger partial charge in [0, 0.05) is 5.56 Å². The summed E-state index contributed by atoms with van der Waals surface area (Å²) in [6, 6.07) is 8.67.